The molecule has 0 heterocycles. The van der Waals surface area contributed by atoms with E-state index in [-0.39, 0.29) is 11.5 Å². The summed E-state index contributed by atoms with van der Waals surface area (Å²) in [5.74, 6) is 0.258. The molecule has 0 saturated carbocycles. The molecule has 1 rings (SSSR count). The molecule has 0 radical (unpaired) electrons. The fourth-order valence-corrected chi connectivity index (χ4v) is 1.77. The largest absolute Gasteiger partial charge is 0.402 e. The van der Waals surface area contributed by atoms with E-state index in [0.717, 1.165) is 6.07 Å². The predicted molar refractivity (Wildman–Crippen MR) is 76.0 cm³/mol. The molecule has 1 aromatic carbocycles. The number of terminal acetylenes is 1. The molecule has 0 aromatic heterocycles. The first-order chi connectivity index (χ1) is 8.79. The van der Waals surface area contributed by atoms with Crippen molar-refractivity contribution in [3.63, 3.8) is 0 Å². The number of hydrogen-bond donors (Lipinski definition) is 1. The van der Waals surface area contributed by atoms with Crippen LogP contribution in [0.3, 0.4) is 0 Å². The molecule has 0 fully saturated rings. The van der Waals surface area contributed by atoms with Gasteiger partial charge >= 0.3 is 0 Å². The van der Waals surface area contributed by atoms with Crippen molar-refractivity contribution in [1.82, 2.24) is 0 Å². The number of hydrogen-bond acceptors (Lipinski definition) is 1. The van der Waals surface area contributed by atoms with Crippen molar-refractivity contribution in [2.24, 2.45) is 11.7 Å². The van der Waals surface area contributed by atoms with E-state index in [9.17, 15) is 8.78 Å². The minimum atomic E-state index is -1.02. The van der Waals surface area contributed by atoms with Gasteiger partial charge in [-0.3, -0.25) is 0 Å². The Morgan fingerprint density at radius 2 is 2.05 bits per heavy atom. The van der Waals surface area contributed by atoms with Crippen LogP contribution in [0.15, 0.2) is 18.3 Å². The first-order valence-corrected chi connectivity index (χ1v) is 5.91. The van der Waals surface area contributed by atoms with Crippen molar-refractivity contribution in [2.75, 3.05) is 0 Å². The number of rotatable bonds is 3. The quantitative estimate of drug-likeness (QED) is 0.819. The first kappa shape index (κ1) is 15.0. The zero-order chi connectivity index (χ0) is 14.7. The lowest BCUT2D eigenvalue weighted by Gasteiger charge is -2.16. The molecule has 19 heavy (non-hydrogen) atoms. The molecule has 0 saturated heterocycles. The Morgan fingerprint density at radius 1 is 1.47 bits per heavy atom. The highest BCUT2D eigenvalue weighted by atomic mass is 19.2. The van der Waals surface area contributed by atoms with Crippen molar-refractivity contribution in [3.8, 4) is 12.3 Å². The van der Waals surface area contributed by atoms with Crippen LogP contribution in [0.4, 0.5) is 8.78 Å². The van der Waals surface area contributed by atoms with Crippen molar-refractivity contribution >= 4 is 11.6 Å². The molecular weight excluding hydrogens is 244 g/mol. The number of allylic oxidation sites excluding steroid dienone is 2. The maximum absolute atomic E-state index is 13.8. The zero-order valence-corrected chi connectivity index (χ0v) is 11.3. The third kappa shape index (κ3) is 3.03. The van der Waals surface area contributed by atoms with E-state index in [1.807, 2.05) is 13.8 Å². The van der Waals surface area contributed by atoms with Gasteiger partial charge in [-0.05, 0) is 36.1 Å². The molecule has 0 spiro atoms. The molecular formula is C16H17F2N. The number of halogens is 2. The van der Waals surface area contributed by atoms with Gasteiger partial charge in [0.2, 0.25) is 0 Å². The standard InChI is InChI=1S/C16H17F2N/c1-6-13-15(11(5)9(2)3)12(7-10(4)19)8-14(17)16(13)18/h1,7-9H,5,19H2,2-4H3/b10-7+. The van der Waals surface area contributed by atoms with Gasteiger partial charge in [0.05, 0.1) is 5.56 Å². The Bertz CT molecular complexity index is 586. The maximum Gasteiger partial charge on any atom is 0.175 e. The van der Waals surface area contributed by atoms with Crippen molar-refractivity contribution in [2.45, 2.75) is 20.8 Å². The highest BCUT2D eigenvalue weighted by Gasteiger charge is 2.19. The maximum atomic E-state index is 13.8. The average molecular weight is 261 g/mol. The van der Waals surface area contributed by atoms with Crippen LogP contribution in [0, 0.1) is 29.9 Å². The third-order valence-corrected chi connectivity index (χ3v) is 2.80. The van der Waals surface area contributed by atoms with Gasteiger partial charge in [0.15, 0.2) is 11.6 Å². The summed E-state index contributed by atoms with van der Waals surface area (Å²) >= 11 is 0. The summed E-state index contributed by atoms with van der Waals surface area (Å²) in [5, 5.41) is 0. The van der Waals surface area contributed by atoms with Crippen LogP contribution in [-0.4, -0.2) is 0 Å². The van der Waals surface area contributed by atoms with Crippen molar-refractivity contribution in [3.05, 3.63) is 46.7 Å². The van der Waals surface area contributed by atoms with Crippen molar-refractivity contribution < 1.29 is 8.78 Å². The molecule has 2 N–H and O–H groups in total. The summed E-state index contributed by atoms with van der Waals surface area (Å²) in [5.41, 5.74) is 7.53. The molecule has 100 valence electrons. The van der Waals surface area contributed by atoms with Crippen LogP contribution in [0.2, 0.25) is 0 Å². The Morgan fingerprint density at radius 3 is 2.47 bits per heavy atom. The lowest BCUT2D eigenvalue weighted by molar-refractivity contribution is 0.505. The third-order valence-electron chi connectivity index (χ3n) is 2.80. The fraction of sp³-hybridized carbons (Fsp3) is 0.250. The molecule has 0 bridgehead atoms. The van der Waals surface area contributed by atoms with E-state index < -0.39 is 11.6 Å². The second-order valence-corrected chi connectivity index (χ2v) is 4.72. The second-order valence-electron chi connectivity index (χ2n) is 4.72. The van der Waals surface area contributed by atoms with Crippen LogP contribution in [0.25, 0.3) is 11.6 Å². The smallest absolute Gasteiger partial charge is 0.175 e. The zero-order valence-electron chi connectivity index (χ0n) is 11.3. The SMILES string of the molecule is C#Cc1c(F)c(F)cc(/C=C(\C)N)c1C(=C)C(C)C. The lowest BCUT2D eigenvalue weighted by atomic mass is 9.88. The summed E-state index contributed by atoms with van der Waals surface area (Å²) in [7, 11) is 0. The highest BCUT2D eigenvalue weighted by Crippen LogP contribution is 2.31. The molecule has 3 heteroatoms. The second kappa shape index (κ2) is 5.71. The molecule has 0 aliphatic rings. The molecule has 0 amide bonds. The summed E-state index contributed by atoms with van der Waals surface area (Å²) in [4.78, 5) is 0. The molecule has 0 aliphatic heterocycles. The van der Waals surface area contributed by atoms with E-state index in [1.54, 1.807) is 13.0 Å². The molecule has 0 unspecified atom stereocenters. The topological polar surface area (TPSA) is 26.0 Å². The molecule has 1 nitrogen and oxygen atoms in total. The van der Waals surface area contributed by atoms with Gasteiger partial charge in [0, 0.05) is 11.3 Å². The van der Waals surface area contributed by atoms with Crippen LogP contribution in [0.1, 0.15) is 37.5 Å². The Balaban J connectivity index is 3.73. The van der Waals surface area contributed by atoms with Crippen LogP contribution in [0.5, 0.6) is 0 Å². The molecule has 0 aliphatic carbocycles. The molecule has 1 aromatic rings. The minimum absolute atomic E-state index is 0.0576. The normalized spacial score (nSPS) is 11.5. The van der Waals surface area contributed by atoms with Crippen LogP contribution in [-0.2, 0) is 0 Å². The predicted octanol–water partition coefficient (Wildman–Crippen LogP) is 3.93. The number of benzene rings is 1. The number of nitrogens with two attached hydrogens (primary N) is 1. The van der Waals surface area contributed by atoms with Crippen LogP contribution < -0.4 is 5.73 Å². The van der Waals surface area contributed by atoms with Crippen molar-refractivity contribution in [1.29, 1.82) is 0 Å². The van der Waals surface area contributed by atoms with Gasteiger partial charge in [-0.2, -0.15) is 0 Å². The van der Waals surface area contributed by atoms with E-state index in [0.29, 0.717) is 22.4 Å². The lowest BCUT2D eigenvalue weighted by Crippen LogP contribution is -2.04. The monoisotopic (exact) mass is 261 g/mol. The summed E-state index contributed by atoms with van der Waals surface area (Å²) < 4.78 is 27.3. The van der Waals surface area contributed by atoms with Gasteiger partial charge in [0.25, 0.3) is 0 Å². The van der Waals surface area contributed by atoms with Gasteiger partial charge in [-0.15, -0.1) is 6.42 Å². The summed E-state index contributed by atoms with van der Waals surface area (Å²) in [6.45, 7) is 9.40. The van der Waals surface area contributed by atoms with E-state index in [4.69, 9.17) is 12.2 Å². The average Bonchev–Trinajstić information content (AvgIpc) is 2.31. The summed E-state index contributed by atoms with van der Waals surface area (Å²) in [6.07, 6.45) is 6.87. The first-order valence-electron chi connectivity index (χ1n) is 5.91. The van der Waals surface area contributed by atoms with Crippen LogP contribution >= 0.6 is 0 Å². The molecule has 0 atom stereocenters. The minimum Gasteiger partial charge on any atom is -0.402 e. The Hall–Kier alpha value is -2.08. The van der Waals surface area contributed by atoms with Gasteiger partial charge in [-0.25, -0.2) is 8.78 Å². The van der Waals surface area contributed by atoms with Gasteiger partial charge in [-0.1, -0.05) is 26.3 Å². The van der Waals surface area contributed by atoms with E-state index in [2.05, 4.69) is 12.5 Å². The van der Waals surface area contributed by atoms with E-state index in [1.165, 1.54) is 0 Å². The van der Waals surface area contributed by atoms with Gasteiger partial charge in [0.1, 0.15) is 0 Å². The van der Waals surface area contributed by atoms with Gasteiger partial charge < -0.3 is 5.73 Å². The summed E-state index contributed by atoms with van der Waals surface area (Å²) in [6, 6.07) is 1.09. The Labute approximate surface area is 112 Å². The van der Waals surface area contributed by atoms with E-state index >= 15 is 0 Å². The Kier molecular flexibility index (Phi) is 4.50. The highest BCUT2D eigenvalue weighted by molar-refractivity contribution is 5.79. The fourth-order valence-electron chi connectivity index (χ4n) is 1.77.